The van der Waals surface area contributed by atoms with E-state index in [4.69, 9.17) is 0 Å². The molecule has 0 aliphatic heterocycles. The lowest BCUT2D eigenvalue weighted by Crippen LogP contribution is -2.48. The number of aliphatic hydroxyl groups is 2. The molecular weight excluding hydrogens is 835 g/mol. The van der Waals surface area contributed by atoms with E-state index in [0.717, 1.165) is 33.8 Å². The number of rotatable bonds is 10. The normalized spacial score (nSPS) is 17.0. The first-order valence-electron chi connectivity index (χ1n) is 20.4. The van der Waals surface area contributed by atoms with Crippen molar-refractivity contribution in [3.8, 4) is 31.3 Å². The molecule has 5 aromatic rings. The van der Waals surface area contributed by atoms with E-state index in [9.17, 15) is 10.2 Å². The third-order valence-electron chi connectivity index (χ3n) is 11.4. The minimum Gasteiger partial charge on any atom is -0.386 e. The van der Waals surface area contributed by atoms with Gasteiger partial charge in [0.25, 0.3) is 0 Å². The van der Waals surface area contributed by atoms with Gasteiger partial charge in [0.2, 0.25) is 0 Å². The molecule has 0 saturated carbocycles. The second-order valence-electron chi connectivity index (χ2n) is 19.1. The molecule has 1 aliphatic carbocycles. The summed E-state index contributed by atoms with van der Waals surface area (Å²) in [5, 5.41) is 21.2. The van der Waals surface area contributed by atoms with Gasteiger partial charge in [-0.1, -0.05) is 139 Å². The van der Waals surface area contributed by atoms with Crippen molar-refractivity contribution in [3.63, 3.8) is 0 Å². The fraction of sp³-hybridized carbons (Fsp3) is 0.346. The highest BCUT2D eigenvalue weighted by molar-refractivity contribution is 7.19. The van der Waals surface area contributed by atoms with E-state index in [1.165, 1.54) is 12.1 Å². The summed E-state index contributed by atoms with van der Waals surface area (Å²) in [6, 6.07) is 23.0. The van der Waals surface area contributed by atoms with Crippen molar-refractivity contribution >= 4 is 39.4 Å². The van der Waals surface area contributed by atoms with Gasteiger partial charge in [0.1, 0.15) is 0 Å². The number of hydrogen-bond acceptors (Lipinski definition) is 4. The highest BCUT2D eigenvalue weighted by atomic mass is 32.1. The average Bonchev–Trinajstić information content (AvgIpc) is 3.83. The van der Waals surface area contributed by atoms with Crippen LogP contribution in [0.15, 0.2) is 115 Å². The van der Waals surface area contributed by atoms with Crippen molar-refractivity contribution in [2.75, 3.05) is 0 Å². The Bertz CT molecular complexity index is 2570. The Labute approximate surface area is 369 Å². The van der Waals surface area contributed by atoms with Crippen LogP contribution in [0.25, 0.3) is 48.0 Å². The maximum atomic E-state index is 16.9. The molecular formula is C52H54F6O2S2. The Morgan fingerprint density at radius 3 is 1.39 bits per heavy atom. The third kappa shape index (κ3) is 8.60. The summed E-state index contributed by atoms with van der Waals surface area (Å²) in [6.07, 6.45) is 5.26. The Kier molecular flexibility index (Phi) is 12.1. The Morgan fingerprint density at radius 1 is 0.565 bits per heavy atom. The van der Waals surface area contributed by atoms with Crippen molar-refractivity contribution in [1.82, 2.24) is 0 Å². The fourth-order valence-corrected chi connectivity index (χ4v) is 9.87. The Morgan fingerprint density at radius 2 is 0.968 bits per heavy atom. The van der Waals surface area contributed by atoms with E-state index in [0.29, 0.717) is 37.6 Å². The van der Waals surface area contributed by atoms with Gasteiger partial charge in [0.15, 0.2) is 0 Å². The second-order valence-corrected chi connectivity index (χ2v) is 21.2. The zero-order valence-electron chi connectivity index (χ0n) is 37.0. The molecule has 328 valence electrons. The van der Waals surface area contributed by atoms with Crippen LogP contribution in [0.3, 0.4) is 0 Å². The molecule has 2 nitrogen and oxygen atoms in total. The van der Waals surface area contributed by atoms with Crippen molar-refractivity contribution in [2.24, 2.45) is 5.41 Å². The van der Waals surface area contributed by atoms with E-state index in [1.807, 2.05) is 66.7 Å². The molecule has 0 saturated heterocycles. The summed E-state index contributed by atoms with van der Waals surface area (Å²) in [5.74, 6) is -16.5. The van der Waals surface area contributed by atoms with Crippen LogP contribution in [-0.2, 0) is 16.6 Å². The molecule has 2 aromatic heterocycles. The molecule has 0 fully saturated rings. The van der Waals surface area contributed by atoms with E-state index >= 15 is 26.3 Å². The number of hydrogen-bond donors (Lipinski definition) is 2. The molecule has 0 radical (unpaired) electrons. The van der Waals surface area contributed by atoms with Gasteiger partial charge >= 0.3 is 17.8 Å². The quantitative estimate of drug-likeness (QED) is 0.108. The van der Waals surface area contributed by atoms with Crippen LogP contribution >= 0.6 is 22.7 Å². The number of benzene rings is 3. The molecule has 3 aromatic carbocycles. The molecule has 1 aliphatic rings. The SMILES string of the molecule is C=C(/C=C\C(=C/C)C(C)(C)C)c1sc(-c2ccc(C(C)(C)O)cc2)cc1C1=C(c2cc(-c3ccc(C(C)(C)O)cc3)sc2-c2ccc(C(C)(C)C)cc2)C(F)(F)C(F)(F)C1(F)F. The lowest BCUT2D eigenvalue weighted by Gasteiger charge is -2.26. The summed E-state index contributed by atoms with van der Waals surface area (Å²) in [4.78, 5) is 0.881. The van der Waals surface area contributed by atoms with Gasteiger partial charge in [-0.25, -0.2) is 0 Å². The summed E-state index contributed by atoms with van der Waals surface area (Å²) in [5.41, 5.74) is -2.25. The molecule has 6 rings (SSSR count). The molecule has 0 amide bonds. The number of alkyl halides is 6. The predicted molar refractivity (Wildman–Crippen MR) is 247 cm³/mol. The lowest BCUT2D eigenvalue weighted by atomic mass is 9.85. The Hall–Kier alpha value is -4.48. The highest BCUT2D eigenvalue weighted by Gasteiger charge is 2.80. The number of halogens is 6. The number of thiophene rings is 2. The average molecular weight is 889 g/mol. The van der Waals surface area contributed by atoms with E-state index in [-0.39, 0.29) is 26.2 Å². The largest absolute Gasteiger partial charge is 0.386 e. The zero-order valence-corrected chi connectivity index (χ0v) is 38.6. The zero-order chi connectivity index (χ0) is 46.2. The topological polar surface area (TPSA) is 40.5 Å². The van der Waals surface area contributed by atoms with Gasteiger partial charge in [-0.05, 0) is 102 Å². The maximum Gasteiger partial charge on any atom is 0.380 e. The maximum absolute atomic E-state index is 16.9. The van der Waals surface area contributed by atoms with Crippen molar-refractivity contribution in [3.05, 3.63) is 148 Å². The van der Waals surface area contributed by atoms with Gasteiger partial charge in [-0.3, -0.25) is 0 Å². The van der Waals surface area contributed by atoms with E-state index < -0.39 is 51.2 Å². The van der Waals surface area contributed by atoms with Gasteiger partial charge in [-0.15, -0.1) is 22.7 Å². The molecule has 0 bridgehead atoms. The molecule has 2 heterocycles. The van der Waals surface area contributed by atoms with Gasteiger partial charge in [-0.2, -0.15) is 26.3 Å². The van der Waals surface area contributed by atoms with Crippen LogP contribution in [-0.4, -0.2) is 28.0 Å². The lowest BCUT2D eigenvalue weighted by molar-refractivity contribution is -0.254. The molecule has 10 heteroatoms. The predicted octanol–water partition coefficient (Wildman–Crippen LogP) is 16.0. The first kappa shape index (κ1) is 47.0. The first-order chi connectivity index (χ1) is 28.4. The summed E-state index contributed by atoms with van der Waals surface area (Å²) >= 11 is 2.02. The molecule has 2 N–H and O–H groups in total. The van der Waals surface area contributed by atoms with Crippen LogP contribution < -0.4 is 0 Å². The highest BCUT2D eigenvalue weighted by Crippen LogP contribution is 2.67. The van der Waals surface area contributed by atoms with Gasteiger partial charge < -0.3 is 10.2 Å². The van der Waals surface area contributed by atoms with E-state index in [1.54, 1.807) is 101 Å². The van der Waals surface area contributed by atoms with E-state index in [2.05, 4.69) is 6.58 Å². The van der Waals surface area contributed by atoms with Crippen molar-refractivity contribution in [2.45, 2.75) is 111 Å². The summed E-state index contributed by atoms with van der Waals surface area (Å²) in [6.45, 7) is 24.5. The van der Waals surface area contributed by atoms with Gasteiger partial charge in [0, 0.05) is 41.8 Å². The third-order valence-corrected chi connectivity index (χ3v) is 13.9. The van der Waals surface area contributed by atoms with Crippen LogP contribution in [0.4, 0.5) is 26.3 Å². The van der Waals surface area contributed by atoms with Crippen LogP contribution in [0.5, 0.6) is 0 Å². The molecule has 0 atom stereocenters. The van der Waals surface area contributed by atoms with Crippen molar-refractivity contribution in [1.29, 1.82) is 0 Å². The van der Waals surface area contributed by atoms with Crippen LogP contribution in [0.1, 0.15) is 109 Å². The minimum atomic E-state index is -5.82. The summed E-state index contributed by atoms with van der Waals surface area (Å²) < 4.78 is 99.9. The first-order valence-corrected chi connectivity index (χ1v) is 22.0. The van der Waals surface area contributed by atoms with Crippen LogP contribution in [0, 0.1) is 5.41 Å². The van der Waals surface area contributed by atoms with Crippen molar-refractivity contribution < 1.29 is 36.6 Å². The monoisotopic (exact) mass is 888 g/mol. The standard InChI is InChI=1S/C52H54F6O2S2/c1-13-34(46(3,4)5)21-14-30(2)44-38(28-40(61-44)31-15-24-36(25-16-31)48(9,10)59)42-43(51(55,56)52(57,58)50(42,53)54)39-29-41(32-17-26-37(27-18-32)49(11,12)60)62-45(39)33-19-22-35(23-20-33)47(6,7)8/h13-29,59-60H,2H2,1,3-12H3/b21-14-,34-13+. The van der Waals surface area contributed by atoms with Gasteiger partial charge in [0.05, 0.1) is 11.2 Å². The smallest absolute Gasteiger partial charge is 0.380 e. The number of allylic oxidation sites excluding steroid dienone is 7. The second kappa shape index (κ2) is 15.9. The summed E-state index contributed by atoms with van der Waals surface area (Å²) in [7, 11) is 0. The molecule has 0 unspecified atom stereocenters. The Balaban J connectivity index is 1.70. The van der Waals surface area contributed by atoms with Crippen LogP contribution in [0.2, 0.25) is 0 Å². The molecule has 62 heavy (non-hydrogen) atoms. The fourth-order valence-electron chi connectivity index (χ4n) is 7.58. The minimum absolute atomic E-state index is 0.0293. The molecule has 0 spiro atoms.